The third kappa shape index (κ3) is 4.84. The minimum absolute atomic E-state index is 0.721. The molecule has 0 saturated heterocycles. The molecule has 0 amide bonds. The van der Waals surface area contributed by atoms with Crippen LogP contribution in [0, 0.1) is 0 Å². The van der Waals surface area contributed by atoms with Crippen LogP contribution in [0.5, 0.6) is 5.75 Å². The van der Waals surface area contributed by atoms with Gasteiger partial charge >= 0.3 is 0 Å². The summed E-state index contributed by atoms with van der Waals surface area (Å²) < 4.78 is 5.15. The lowest BCUT2D eigenvalue weighted by atomic mass is 10.2. The van der Waals surface area contributed by atoms with Gasteiger partial charge in [0.05, 0.1) is 7.11 Å². The predicted octanol–water partition coefficient (Wildman–Crippen LogP) is 2.56. The molecular formula is C17H21N3O. The standard InChI is InChI=1S/C17H21N3O/c1-18-17(19-12-14-6-4-3-5-7-14)20-13-15-8-10-16(21-2)11-9-15/h3-11H,12-13H2,1-2H3,(H2,18,19,20). The van der Waals surface area contributed by atoms with Crippen molar-refractivity contribution < 1.29 is 4.74 Å². The van der Waals surface area contributed by atoms with Crippen LogP contribution in [0.4, 0.5) is 0 Å². The van der Waals surface area contributed by atoms with E-state index in [-0.39, 0.29) is 0 Å². The Morgan fingerprint density at radius 1 is 0.905 bits per heavy atom. The molecule has 0 unspecified atom stereocenters. The zero-order valence-corrected chi connectivity index (χ0v) is 12.5. The number of aliphatic imine (C=N–C) groups is 1. The van der Waals surface area contributed by atoms with Gasteiger partial charge in [-0.2, -0.15) is 0 Å². The lowest BCUT2D eigenvalue weighted by Gasteiger charge is -2.12. The number of nitrogens with one attached hydrogen (secondary N) is 2. The van der Waals surface area contributed by atoms with Crippen LogP contribution in [-0.4, -0.2) is 20.1 Å². The average Bonchev–Trinajstić information content (AvgIpc) is 2.56. The summed E-state index contributed by atoms with van der Waals surface area (Å²) in [5, 5.41) is 6.58. The molecule has 0 spiro atoms. The fraction of sp³-hybridized carbons (Fsp3) is 0.235. The van der Waals surface area contributed by atoms with E-state index in [9.17, 15) is 0 Å². The summed E-state index contributed by atoms with van der Waals surface area (Å²) in [7, 11) is 3.44. The zero-order valence-electron chi connectivity index (χ0n) is 12.5. The molecule has 4 nitrogen and oxygen atoms in total. The summed E-state index contributed by atoms with van der Waals surface area (Å²) in [5.74, 6) is 1.65. The van der Waals surface area contributed by atoms with Crippen molar-refractivity contribution in [2.24, 2.45) is 4.99 Å². The van der Waals surface area contributed by atoms with Gasteiger partial charge in [0.15, 0.2) is 5.96 Å². The number of hydrogen-bond acceptors (Lipinski definition) is 2. The molecule has 0 heterocycles. The summed E-state index contributed by atoms with van der Waals surface area (Å²) in [5.41, 5.74) is 2.41. The summed E-state index contributed by atoms with van der Waals surface area (Å²) >= 11 is 0. The first-order valence-electron chi connectivity index (χ1n) is 6.93. The monoisotopic (exact) mass is 283 g/mol. The lowest BCUT2D eigenvalue weighted by molar-refractivity contribution is 0.414. The minimum Gasteiger partial charge on any atom is -0.497 e. The minimum atomic E-state index is 0.721. The van der Waals surface area contributed by atoms with Gasteiger partial charge in [0, 0.05) is 20.1 Å². The van der Waals surface area contributed by atoms with E-state index in [1.165, 1.54) is 11.1 Å². The molecule has 0 aliphatic rings. The Bertz CT molecular complexity index is 564. The molecule has 0 fully saturated rings. The van der Waals surface area contributed by atoms with Crippen molar-refractivity contribution in [2.45, 2.75) is 13.1 Å². The van der Waals surface area contributed by atoms with Gasteiger partial charge in [0.2, 0.25) is 0 Å². The van der Waals surface area contributed by atoms with Crippen molar-refractivity contribution in [3.8, 4) is 5.75 Å². The smallest absolute Gasteiger partial charge is 0.191 e. The molecule has 2 aromatic rings. The Morgan fingerprint density at radius 2 is 1.48 bits per heavy atom. The van der Waals surface area contributed by atoms with E-state index in [4.69, 9.17) is 4.74 Å². The van der Waals surface area contributed by atoms with E-state index in [1.54, 1.807) is 14.2 Å². The summed E-state index contributed by atoms with van der Waals surface area (Å²) in [6.07, 6.45) is 0. The Morgan fingerprint density at radius 3 is 2.00 bits per heavy atom. The second-order valence-corrected chi connectivity index (χ2v) is 4.61. The first-order valence-corrected chi connectivity index (χ1v) is 6.93. The zero-order chi connectivity index (χ0) is 14.9. The van der Waals surface area contributed by atoms with Crippen molar-refractivity contribution in [3.05, 3.63) is 65.7 Å². The summed E-state index contributed by atoms with van der Waals surface area (Å²) in [4.78, 5) is 4.22. The SMILES string of the molecule is CN=C(NCc1ccccc1)NCc1ccc(OC)cc1. The molecule has 0 aliphatic heterocycles. The third-order valence-electron chi connectivity index (χ3n) is 3.15. The largest absolute Gasteiger partial charge is 0.497 e. The van der Waals surface area contributed by atoms with Crippen molar-refractivity contribution in [1.29, 1.82) is 0 Å². The third-order valence-corrected chi connectivity index (χ3v) is 3.15. The summed E-state index contributed by atoms with van der Waals surface area (Å²) in [6, 6.07) is 18.2. The summed E-state index contributed by atoms with van der Waals surface area (Å²) in [6.45, 7) is 1.47. The molecule has 110 valence electrons. The topological polar surface area (TPSA) is 45.7 Å². The van der Waals surface area contributed by atoms with E-state index in [1.807, 2.05) is 42.5 Å². The van der Waals surface area contributed by atoms with Gasteiger partial charge in [-0.3, -0.25) is 4.99 Å². The van der Waals surface area contributed by atoms with Gasteiger partial charge in [-0.15, -0.1) is 0 Å². The first kappa shape index (κ1) is 14.9. The van der Waals surface area contributed by atoms with E-state index in [0.29, 0.717) is 0 Å². The van der Waals surface area contributed by atoms with E-state index in [2.05, 4.69) is 27.8 Å². The van der Waals surface area contributed by atoms with Crippen LogP contribution in [0.25, 0.3) is 0 Å². The first-order chi connectivity index (χ1) is 10.3. The predicted molar refractivity (Wildman–Crippen MR) is 86.5 cm³/mol. The number of nitrogens with zero attached hydrogens (tertiary/aromatic N) is 1. The van der Waals surface area contributed by atoms with Crippen LogP contribution in [0.2, 0.25) is 0 Å². The highest BCUT2D eigenvalue weighted by Crippen LogP contribution is 2.10. The van der Waals surface area contributed by atoms with Crippen molar-refractivity contribution in [3.63, 3.8) is 0 Å². The van der Waals surface area contributed by atoms with Crippen LogP contribution < -0.4 is 15.4 Å². The molecule has 0 saturated carbocycles. The maximum Gasteiger partial charge on any atom is 0.191 e. The van der Waals surface area contributed by atoms with E-state index in [0.717, 1.165) is 24.8 Å². The fourth-order valence-electron chi connectivity index (χ4n) is 1.93. The van der Waals surface area contributed by atoms with Crippen molar-refractivity contribution in [1.82, 2.24) is 10.6 Å². The Balaban J connectivity index is 1.82. The van der Waals surface area contributed by atoms with Crippen molar-refractivity contribution >= 4 is 5.96 Å². The van der Waals surface area contributed by atoms with Gasteiger partial charge in [-0.25, -0.2) is 0 Å². The second-order valence-electron chi connectivity index (χ2n) is 4.61. The number of ether oxygens (including phenoxy) is 1. The number of rotatable bonds is 5. The normalized spacial score (nSPS) is 11.0. The maximum atomic E-state index is 5.15. The molecule has 0 atom stereocenters. The molecule has 2 N–H and O–H groups in total. The van der Waals surface area contributed by atoms with Gasteiger partial charge in [-0.1, -0.05) is 42.5 Å². The highest BCUT2D eigenvalue weighted by molar-refractivity contribution is 5.79. The molecule has 2 aromatic carbocycles. The quantitative estimate of drug-likeness (QED) is 0.655. The van der Waals surface area contributed by atoms with Gasteiger partial charge in [0.25, 0.3) is 0 Å². The molecule has 0 bridgehead atoms. The van der Waals surface area contributed by atoms with Crippen LogP contribution in [0.15, 0.2) is 59.6 Å². The second kappa shape index (κ2) is 7.94. The highest BCUT2D eigenvalue weighted by atomic mass is 16.5. The molecule has 21 heavy (non-hydrogen) atoms. The maximum absolute atomic E-state index is 5.15. The Hall–Kier alpha value is -2.49. The molecule has 2 rings (SSSR count). The Labute approximate surface area is 125 Å². The van der Waals surface area contributed by atoms with Gasteiger partial charge in [-0.05, 0) is 23.3 Å². The molecule has 4 heteroatoms. The number of methoxy groups -OCH3 is 1. The highest BCUT2D eigenvalue weighted by Gasteiger charge is 1.99. The van der Waals surface area contributed by atoms with Gasteiger partial charge in [0.1, 0.15) is 5.75 Å². The molecule has 0 aromatic heterocycles. The Kier molecular flexibility index (Phi) is 5.64. The van der Waals surface area contributed by atoms with Crippen LogP contribution in [-0.2, 0) is 13.1 Å². The number of benzene rings is 2. The lowest BCUT2D eigenvalue weighted by Crippen LogP contribution is -2.36. The van der Waals surface area contributed by atoms with Crippen LogP contribution in [0.1, 0.15) is 11.1 Å². The van der Waals surface area contributed by atoms with Crippen LogP contribution >= 0.6 is 0 Å². The number of hydrogen-bond donors (Lipinski definition) is 2. The average molecular weight is 283 g/mol. The van der Waals surface area contributed by atoms with Crippen LogP contribution in [0.3, 0.4) is 0 Å². The molecule has 0 radical (unpaired) electrons. The van der Waals surface area contributed by atoms with E-state index >= 15 is 0 Å². The number of guanidine groups is 1. The van der Waals surface area contributed by atoms with E-state index < -0.39 is 0 Å². The van der Waals surface area contributed by atoms with Gasteiger partial charge < -0.3 is 15.4 Å². The fourth-order valence-corrected chi connectivity index (χ4v) is 1.93. The molecule has 0 aliphatic carbocycles. The molecular weight excluding hydrogens is 262 g/mol. The van der Waals surface area contributed by atoms with Crippen molar-refractivity contribution in [2.75, 3.05) is 14.2 Å².